The number of hydrogen-bond acceptors (Lipinski definition) is 2. The summed E-state index contributed by atoms with van der Waals surface area (Å²) in [6, 6.07) is 7.52. The van der Waals surface area contributed by atoms with Crippen LogP contribution in [0.15, 0.2) is 24.3 Å². The molecule has 0 radical (unpaired) electrons. The van der Waals surface area contributed by atoms with Gasteiger partial charge in [-0.3, -0.25) is 0 Å². The summed E-state index contributed by atoms with van der Waals surface area (Å²) in [4.78, 5) is 2.09. The van der Waals surface area contributed by atoms with Gasteiger partial charge >= 0.3 is 0 Å². The van der Waals surface area contributed by atoms with Crippen molar-refractivity contribution >= 4 is 11.6 Å². The number of hydrogen-bond donors (Lipinski definition) is 1. The Balaban J connectivity index is 0.00000289. The largest absolute Gasteiger partial charge is 0.385 e. The van der Waals surface area contributed by atoms with Crippen LogP contribution in [0.2, 0.25) is 5.02 Å². The molecule has 0 aromatic heterocycles. The summed E-state index contributed by atoms with van der Waals surface area (Å²) >= 11 is 6.00. The third-order valence-electron chi connectivity index (χ3n) is 3.32. The minimum Gasteiger partial charge on any atom is -0.385 e. The van der Waals surface area contributed by atoms with E-state index in [9.17, 15) is 5.11 Å². The number of nitrogens with zero attached hydrogens (tertiary/aromatic N) is 1. The van der Waals surface area contributed by atoms with Gasteiger partial charge in [-0.1, -0.05) is 45.0 Å². The molecule has 2 atom stereocenters. The molecule has 0 saturated carbocycles. The van der Waals surface area contributed by atoms with Gasteiger partial charge in [-0.15, -0.1) is 0 Å². The molecule has 0 spiro atoms. The zero-order valence-corrected chi connectivity index (χ0v) is 11.8. The van der Waals surface area contributed by atoms with E-state index in [1.54, 1.807) is 0 Å². The second-order valence-corrected chi connectivity index (χ2v) is 5.39. The lowest BCUT2D eigenvalue weighted by Crippen LogP contribution is -2.38. The Morgan fingerprint density at radius 1 is 1.39 bits per heavy atom. The van der Waals surface area contributed by atoms with Crippen LogP contribution in [0.5, 0.6) is 0 Å². The van der Waals surface area contributed by atoms with Gasteiger partial charge in [0.1, 0.15) is 0 Å². The number of rotatable bonds is 5. The normalized spacial score (nSPS) is 15.9. The summed E-state index contributed by atoms with van der Waals surface area (Å²) in [5.74, 6) is 0.154. The van der Waals surface area contributed by atoms with Crippen LogP contribution in [-0.2, 0) is 5.60 Å². The van der Waals surface area contributed by atoms with Gasteiger partial charge < -0.3 is 10.0 Å². The first-order valence-corrected chi connectivity index (χ1v) is 6.41. The maximum Gasteiger partial charge on any atom is 0.0932 e. The molecule has 1 N–H and O–H groups in total. The smallest absolute Gasteiger partial charge is 0.0932 e. The van der Waals surface area contributed by atoms with E-state index in [2.05, 4.69) is 11.8 Å². The zero-order valence-electron chi connectivity index (χ0n) is 11.1. The van der Waals surface area contributed by atoms with E-state index in [0.717, 1.165) is 12.1 Å². The molecule has 18 heavy (non-hydrogen) atoms. The Bertz CT molecular complexity index is 367. The predicted octanol–water partition coefficient (Wildman–Crippen LogP) is 3.77. The van der Waals surface area contributed by atoms with Gasteiger partial charge in [0.2, 0.25) is 0 Å². The average Bonchev–Trinajstić information content (AvgIpc) is 2.27. The molecule has 0 fully saturated rings. The third kappa shape index (κ3) is 3.98. The molecule has 0 saturated heterocycles. The second kappa shape index (κ2) is 7.13. The van der Waals surface area contributed by atoms with E-state index in [-0.39, 0.29) is 13.3 Å². The standard InChI is InChI=1S/C14H22ClNO.CH4/c1-5-14(17,11(2)10-16(3)4)12-7-6-8-13(15)9-12;/h6-9,11,17H,5,10H2,1-4H3;1H4/t11-,14-;/m1./s1. The van der Waals surface area contributed by atoms with Crippen LogP contribution < -0.4 is 0 Å². The molecule has 0 unspecified atom stereocenters. The van der Waals surface area contributed by atoms with E-state index in [4.69, 9.17) is 11.6 Å². The molecule has 2 nitrogen and oxygen atoms in total. The van der Waals surface area contributed by atoms with Crippen molar-refractivity contribution in [3.8, 4) is 0 Å². The van der Waals surface area contributed by atoms with Crippen LogP contribution in [-0.4, -0.2) is 30.6 Å². The Morgan fingerprint density at radius 2 is 2.00 bits per heavy atom. The lowest BCUT2D eigenvalue weighted by Gasteiger charge is -2.35. The quantitative estimate of drug-likeness (QED) is 0.881. The van der Waals surface area contributed by atoms with Crippen molar-refractivity contribution in [1.29, 1.82) is 0 Å². The Kier molecular flexibility index (Phi) is 6.90. The summed E-state index contributed by atoms with van der Waals surface area (Å²) in [6.45, 7) is 4.92. The predicted molar refractivity (Wildman–Crippen MR) is 80.1 cm³/mol. The maximum atomic E-state index is 10.8. The van der Waals surface area contributed by atoms with Gasteiger partial charge in [0.15, 0.2) is 0 Å². The van der Waals surface area contributed by atoms with Crippen LogP contribution in [0.1, 0.15) is 33.3 Å². The van der Waals surface area contributed by atoms with Crippen LogP contribution in [0.3, 0.4) is 0 Å². The molecule has 1 aromatic carbocycles. The Hall–Kier alpha value is -0.570. The molecule has 0 bridgehead atoms. The zero-order chi connectivity index (χ0) is 13.1. The third-order valence-corrected chi connectivity index (χ3v) is 3.55. The highest BCUT2D eigenvalue weighted by atomic mass is 35.5. The monoisotopic (exact) mass is 271 g/mol. The first kappa shape index (κ1) is 17.4. The highest BCUT2D eigenvalue weighted by Gasteiger charge is 2.34. The SMILES string of the molecule is C.CC[C@](O)(c1cccc(Cl)c1)[C@H](C)CN(C)C. The van der Waals surface area contributed by atoms with E-state index in [1.165, 1.54) is 0 Å². The van der Waals surface area contributed by atoms with Gasteiger partial charge in [-0.25, -0.2) is 0 Å². The highest BCUT2D eigenvalue weighted by molar-refractivity contribution is 6.30. The van der Waals surface area contributed by atoms with E-state index >= 15 is 0 Å². The molecule has 104 valence electrons. The summed E-state index contributed by atoms with van der Waals surface area (Å²) in [7, 11) is 4.04. The minimum absolute atomic E-state index is 0. The van der Waals surface area contributed by atoms with Crippen LogP contribution in [0, 0.1) is 5.92 Å². The number of aliphatic hydroxyl groups is 1. The molecule has 0 aliphatic heterocycles. The first-order chi connectivity index (χ1) is 7.90. The molecule has 1 aromatic rings. The molecule has 1 rings (SSSR count). The minimum atomic E-state index is -0.810. The highest BCUT2D eigenvalue weighted by Crippen LogP contribution is 2.34. The fourth-order valence-electron chi connectivity index (χ4n) is 2.29. The molecular weight excluding hydrogens is 246 g/mol. The number of benzene rings is 1. The lowest BCUT2D eigenvalue weighted by molar-refractivity contribution is -0.0291. The van der Waals surface area contributed by atoms with Crippen molar-refractivity contribution in [2.75, 3.05) is 20.6 Å². The Morgan fingerprint density at radius 3 is 2.44 bits per heavy atom. The second-order valence-electron chi connectivity index (χ2n) is 4.95. The van der Waals surface area contributed by atoms with E-state index < -0.39 is 5.60 Å². The molecule has 0 aliphatic rings. The Labute approximate surface area is 117 Å². The summed E-state index contributed by atoms with van der Waals surface area (Å²) in [6.07, 6.45) is 0.683. The molecule has 3 heteroatoms. The maximum absolute atomic E-state index is 10.8. The van der Waals surface area contributed by atoms with Crippen LogP contribution in [0.25, 0.3) is 0 Å². The first-order valence-electron chi connectivity index (χ1n) is 6.03. The fraction of sp³-hybridized carbons (Fsp3) is 0.600. The molecular formula is C15H26ClNO. The van der Waals surface area contributed by atoms with Crippen molar-refractivity contribution in [1.82, 2.24) is 4.90 Å². The topological polar surface area (TPSA) is 23.5 Å². The van der Waals surface area contributed by atoms with Crippen molar-refractivity contribution in [2.45, 2.75) is 33.3 Å². The van der Waals surface area contributed by atoms with Gasteiger partial charge in [-0.05, 0) is 38.2 Å². The van der Waals surface area contributed by atoms with Gasteiger partial charge in [0, 0.05) is 17.5 Å². The molecule has 0 aliphatic carbocycles. The van der Waals surface area contributed by atoms with Crippen molar-refractivity contribution < 1.29 is 5.11 Å². The van der Waals surface area contributed by atoms with Gasteiger partial charge in [0.05, 0.1) is 5.60 Å². The lowest BCUT2D eigenvalue weighted by atomic mass is 9.80. The summed E-state index contributed by atoms with van der Waals surface area (Å²) < 4.78 is 0. The summed E-state index contributed by atoms with van der Waals surface area (Å²) in [5.41, 5.74) is 0.0941. The van der Waals surface area contributed by atoms with Gasteiger partial charge in [0.25, 0.3) is 0 Å². The van der Waals surface area contributed by atoms with Crippen molar-refractivity contribution in [3.63, 3.8) is 0 Å². The van der Waals surface area contributed by atoms with Gasteiger partial charge in [-0.2, -0.15) is 0 Å². The molecule has 0 amide bonds. The molecule has 0 heterocycles. The van der Waals surface area contributed by atoms with Crippen molar-refractivity contribution in [2.24, 2.45) is 5.92 Å². The average molecular weight is 272 g/mol. The number of halogens is 1. The fourth-order valence-corrected chi connectivity index (χ4v) is 2.48. The van der Waals surface area contributed by atoms with Crippen LogP contribution in [0.4, 0.5) is 0 Å². The van der Waals surface area contributed by atoms with E-state index in [0.29, 0.717) is 11.4 Å². The van der Waals surface area contributed by atoms with E-state index in [1.807, 2.05) is 45.3 Å². The van der Waals surface area contributed by atoms with Crippen LogP contribution >= 0.6 is 11.6 Å². The van der Waals surface area contributed by atoms with Crippen molar-refractivity contribution in [3.05, 3.63) is 34.9 Å². The summed E-state index contributed by atoms with van der Waals surface area (Å²) in [5, 5.41) is 11.5.